The summed E-state index contributed by atoms with van der Waals surface area (Å²) >= 11 is 2.99. The fourth-order valence-electron chi connectivity index (χ4n) is 1.13. The van der Waals surface area contributed by atoms with Gasteiger partial charge in [-0.3, -0.25) is 0 Å². The Morgan fingerprint density at radius 2 is 1.85 bits per heavy atom. The van der Waals surface area contributed by atoms with Crippen molar-refractivity contribution in [3.05, 3.63) is 33.8 Å². The molecule has 0 heterocycles. The van der Waals surface area contributed by atoms with Gasteiger partial charge in [-0.15, -0.1) is 0 Å². The van der Waals surface area contributed by atoms with E-state index < -0.39 is 17.2 Å². The standard InChI is InChI=1S/C9H9BrF2O/c1-9(2,13)8-6(10)3-5(11)4-7(8)12/h3-4,13H,1-2H3. The van der Waals surface area contributed by atoms with E-state index >= 15 is 0 Å². The lowest BCUT2D eigenvalue weighted by Crippen LogP contribution is -2.18. The fraction of sp³-hybridized carbons (Fsp3) is 0.333. The van der Waals surface area contributed by atoms with E-state index in [1.54, 1.807) is 0 Å². The van der Waals surface area contributed by atoms with Crippen molar-refractivity contribution in [1.29, 1.82) is 0 Å². The predicted molar refractivity (Wildman–Crippen MR) is 49.3 cm³/mol. The molecule has 0 aliphatic rings. The first kappa shape index (κ1) is 10.6. The molecule has 72 valence electrons. The zero-order chi connectivity index (χ0) is 10.2. The molecule has 0 saturated carbocycles. The molecule has 4 heteroatoms. The van der Waals surface area contributed by atoms with Crippen LogP contribution in [0.15, 0.2) is 16.6 Å². The van der Waals surface area contributed by atoms with E-state index in [2.05, 4.69) is 15.9 Å². The highest BCUT2D eigenvalue weighted by Crippen LogP contribution is 2.30. The molecule has 1 N–H and O–H groups in total. The summed E-state index contributed by atoms with van der Waals surface area (Å²) in [5, 5.41) is 9.55. The summed E-state index contributed by atoms with van der Waals surface area (Å²) in [7, 11) is 0. The molecule has 0 bridgehead atoms. The van der Waals surface area contributed by atoms with E-state index in [0.29, 0.717) is 0 Å². The van der Waals surface area contributed by atoms with Crippen LogP contribution in [-0.2, 0) is 5.60 Å². The van der Waals surface area contributed by atoms with Gasteiger partial charge in [-0.1, -0.05) is 15.9 Å². The Kier molecular flexibility index (Phi) is 2.73. The van der Waals surface area contributed by atoms with Crippen molar-refractivity contribution in [1.82, 2.24) is 0 Å². The first-order valence-corrected chi connectivity index (χ1v) is 4.49. The summed E-state index contributed by atoms with van der Waals surface area (Å²) in [5.41, 5.74) is -1.26. The van der Waals surface area contributed by atoms with Gasteiger partial charge in [0.15, 0.2) is 0 Å². The molecular weight excluding hydrogens is 242 g/mol. The highest BCUT2D eigenvalue weighted by atomic mass is 79.9. The first-order chi connectivity index (χ1) is 5.82. The smallest absolute Gasteiger partial charge is 0.133 e. The van der Waals surface area contributed by atoms with Gasteiger partial charge in [0.25, 0.3) is 0 Å². The maximum Gasteiger partial charge on any atom is 0.133 e. The third-order valence-corrected chi connectivity index (χ3v) is 2.24. The van der Waals surface area contributed by atoms with Gasteiger partial charge in [0.05, 0.1) is 5.60 Å². The quantitative estimate of drug-likeness (QED) is 0.813. The first-order valence-electron chi connectivity index (χ1n) is 3.70. The Balaban J connectivity index is 3.38. The van der Waals surface area contributed by atoms with Gasteiger partial charge in [0.2, 0.25) is 0 Å². The van der Waals surface area contributed by atoms with Crippen molar-refractivity contribution >= 4 is 15.9 Å². The van der Waals surface area contributed by atoms with E-state index in [9.17, 15) is 13.9 Å². The van der Waals surface area contributed by atoms with Crippen molar-refractivity contribution < 1.29 is 13.9 Å². The average Bonchev–Trinajstić information content (AvgIpc) is 1.78. The lowest BCUT2D eigenvalue weighted by atomic mass is 9.98. The topological polar surface area (TPSA) is 20.2 Å². The molecule has 0 aliphatic heterocycles. The third-order valence-electron chi connectivity index (χ3n) is 1.62. The van der Waals surface area contributed by atoms with Crippen LogP contribution >= 0.6 is 15.9 Å². The second kappa shape index (κ2) is 3.35. The van der Waals surface area contributed by atoms with Crippen LogP contribution in [0.4, 0.5) is 8.78 Å². The normalized spacial score (nSPS) is 11.8. The molecule has 0 spiro atoms. The van der Waals surface area contributed by atoms with Gasteiger partial charge < -0.3 is 5.11 Å². The fourth-order valence-corrected chi connectivity index (χ4v) is 2.02. The van der Waals surface area contributed by atoms with Crippen molar-refractivity contribution in [3.8, 4) is 0 Å². The molecule has 1 rings (SSSR count). The molecular formula is C9H9BrF2O. The lowest BCUT2D eigenvalue weighted by Gasteiger charge is -2.20. The molecule has 1 nitrogen and oxygen atoms in total. The molecule has 0 saturated heterocycles. The second-order valence-corrected chi connectivity index (χ2v) is 4.16. The SMILES string of the molecule is CC(C)(O)c1c(F)cc(F)cc1Br. The number of hydrogen-bond acceptors (Lipinski definition) is 1. The van der Waals surface area contributed by atoms with Gasteiger partial charge in [0, 0.05) is 16.1 Å². The van der Waals surface area contributed by atoms with Crippen LogP contribution in [0.5, 0.6) is 0 Å². The minimum atomic E-state index is -1.32. The molecule has 0 radical (unpaired) electrons. The van der Waals surface area contributed by atoms with Crippen molar-refractivity contribution in [2.45, 2.75) is 19.4 Å². The number of halogens is 3. The van der Waals surface area contributed by atoms with Gasteiger partial charge in [-0.2, -0.15) is 0 Å². The zero-order valence-electron chi connectivity index (χ0n) is 7.24. The highest BCUT2D eigenvalue weighted by molar-refractivity contribution is 9.10. The van der Waals surface area contributed by atoms with Crippen molar-refractivity contribution in [2.24, 2.45) is 0 Å². The molecule has 1 aromatic carbocycles. The summed E-state index contributed by atoms with van der Waals surface area (Å²) in [4.78, 5) is 0. The van der Waals surface area contributed by atoms with E-state index in [1.807, 2.05) is 0 Å². The van der Waals surface area contributed by atoms with Gasteiger partial charge in [-0.05, 0) is 19.9 Å². The van der Waals surface area contributed by atoms with Crippen LogP contribution in [0.2, 0.25) is 0 Å². The Morgan fingerprint density at radius 1 is 1.31 bits per heavy atom. The van der Waals surface area contributed by atoms with E-state index in [4.69, 9.17) is 0 Å². The molecule has 13 heavy (non-hydrogen) atoms. The molecule has 1 aromatic rings. The summed E-state index contributed by atoms with van der Waals surface area (Å²) in [6.45, 7) is 2.88. The zero-order valence-corrected chi connectivity index (χ0v) is 8.82. The summed E-state index contributed by atoms with van der Waals surface area (Å²) in [6.07, 6.45) is 0. The summed E-state index contributed by atoms with van der Waals surface area (Å²) in [6, 6.07) is 1.87. The van der Waals surface area contributed by atoms with E-state index in [-0.39, 0.29) is 10.0 Å². The Labute approximate surface area is 83.5 Å². The second-order valence-electron chi connectivity index (χ2n) is 3.30. The van der Waals surface area contributed by atoms with E-state index in [0.717, 1.165) is 12.1 Å². The summed E-state index contributed by atoms with van der Waals surface area (Å²) < 4.78 is 26.1. The van der Waals surface area contributed by atoms with Crippen molar-refractivity contribution in [2.75, 3.05) is 0 Å². The number of rotatable bonds is 1. The van der Waals surface area contributed by atoms with Crippen molar-refractivity contribution in [3.63, 3.8) is 0 Å². The van der Waals surface area contributed by atoms with Crippen LogP contribution in [0.25, 0.3) is 0 Å². The van der Waals surface area contributed by atoms with Gasteiger partial charge in [0.1, 0.15) is 11.6 Å². The lowest BCUT2D eigenvalue weighted by molar-refractivity contribution is 0.0736. The van der Waals surface area contributed by atoms with E-state index in [1.165, 1.54) is 13.8 Å². The minimum Gasteiger partial charge on any atom is -0.386 e. The Morgan fingerprint density at radius 3 is 2.23 bits per heavy atom. The third kappa shape index (κ3) is 2.25. The monoisotopic (exact) mass is 250 g/mol. The van der Waals surface area contributed by atoms with Crippen LogP contribution in [0.1, 0.15) is 19.4 Å². The summed E-state index contributed by atoms with van der Waals surface area (Å²) in [5.74, 6) is -1.42. The van der Waals surface area contributed by atoms with Crippen LogP contribution in [0.3, 0.4) is 0 Å². The molecule has 0 aliphatic carbocycles. The molecule has 0 aromatic heterocycles. The predicted octanol–water partition coefficient (Wildman–Crippen LogP) is 2.95. The minimum absolute atomic E-state index is 0.0638. The molecule has 0 fully saturated rings. The van der Waals surface area contributed by atoms with Gasteiger partial charge in [-0.25, -0.2) is 8.78 Å². The van der Waals surface area contributed by atoms with Crippen LogP contribution in [-0.4, -0.2) is 5.11 Å². The van der Waals surface area contributed by atoms with Gasteiger partial charge >= 0.3 is 0 Å². The largest absolute Gasteiger partial charge is 0.386 e. The van der Waals surface area contributed by atoms with Crippen LogP contribution in [0, 0.1) is 11.6 Å². The van der Waals surface area contributed by atoms with Crippen LogP contribution < -0.4 is 0 Å². The maximum atomic E-state index is 13.2. The highest BCUT2D eigenvalue weighted by Gasteiger charge is 2.24. The molecule has 0 atom stereocenters. The average molecular weight is 251 g/mol. The Hall–Kier alpha value is -0.480. The number of hydrogen-bond donors (Lipinski definition) is 1. The Bertz CT molecular complexity index is 308. The molecule has 0 amide bonds. The number of benzene rings is 1. The maximum absolute atomic E-state index is 13.2. The number of aliphatic hydroxyl groups is 1. The molecule has 0 unspecified atom stereocenters.